The highest BCUT2D eigenvalue weighted by atomic mass is 16.4. The molecule has 0 aromatic carbocycles. The molecule has 2 rings (SSSR count). The lowest BCUT2D eigenvalue weighted by Gasteiger charge is -1.99. The predicted octanol–water partition coefficient (Wildman–Crippen LogP) is 1.07. The summed E-state index contributed by atoms with van der Waals surface area (Å²) in [5.41, 5.74) is 2.04. The summed E-state index contributed by atoms with van der Waals surface area (Å²) in [6, 6.07) is 0. The molecule has 1 N–H and O–H groups in total. The molecule has 0 saturated heterocycles. The number of carbonyl (C=O) groups is 1. The van der Waals surface area contributed by atoms with Crippen LogP contribution in [-0.2, 0) is 11.3 Å². The first-order valence-corrected chi connectivity index (χ1v) is 4.37. The van der Waals surface area contributed by atoms with E-state index in [0.29, 0.717) is 6.42 Å². The summed E-state index contributed by atoms with van der Waals surface area (Å²) in [4.78, 5) is 15.1. The largest absolute Gasteiger partial charge is 0.481 e. The van der Waals surface area contributed by atoms with Crippen LogP contribution in [0.25, 0.3) is 0 Å². The second-order valence-corrected chi connectivity index (χ2v) is 3.47. The Labute approximate surface area is 76.2 Å². The van der Waals surface area contributed by atoms with Crippen LogP contribution in [0.15, 0.2) is 0 Å². The molecule has 4 heteroatoms. The fourth-order valence-electron chi connectivity index (χ4n) is 1.85. The second kappa shape index (κ2) is 2.58. The molecular formula is C9H12N2O2. The van der Waals surface area contributed by atoms with Gasteiger partial charge in [0.05, 0.1) is 5.69 Å². The molecule has 2 heterocycles. The van der Waals surface area contributed by atoms with Crippen molar-refractivity contribution < 1.29 is 9.90 Å². The van der Waals surface area contributed by atoms with Gasteiger partial charge in [-0.3, -0.25) is 4.79 Å². The van der Waals surface area contributed by atoms with E-state index >= 15 is 0 Å². The quantitative estimate of drug-likeness (QED) is 0.703. The van der Waals surface area contributed by atoms with E-state index in [1.54, 1.807) is 0 Å². The highest BCUT2D eigenvalue weighted by Crippen LogP contribution is 2.29. The number of fused-ring (bicyclic) bond motifs is 1. The minimum Gasteiger partial charge on any atom is -0.481 e. The number of hydrogen-bond acceptors (Lipinski definition) is 2. The van der Waals surface area contributed by atoms with Crippen molar-refractivity contribution in [3.05, 3.63) is 17.2 Å². The number of rotatable bonds is 1. The molecule has 1 aliphatic heterocycles. The summed E-state index contributed by atoms with van der Waals surface area (Å²) < 4.78 is 2.01. The Kier molecular flexibility index (Phi) is 1.65. The van der Waals surface area contributed by atoms with Crippen molar-refractivity contribution >= 4 is 5.97 Å². The molecule has 70 valence electrons. The Bertz CT molecular complexity index is 368. The van der Waals surface area contributed by atoms with Gasteiger partial charge in [-0.25, -0.2) is 4.98 Å². The molecular weight excluding hydrogens is 168 g/mol. The number of aryl methyl sites for hydroxylation is 1. The van der Waals surface area contributed by atoms with Gasteiger partial charge in [-0.15, -0.1) is 0 Å². The van der Waals surface area contributed by atoms with Crippen molar-refractivity contribution in [1.29, 1.82) is 0 Å². The first-order valence-electron chi connectivity index (χ1n) is 4.37. The Hall–Kier alpha value is -1.32. The minimum atomic E-state index is -0.760. The average molecular weight is 180 g/mol. The lowest BCUT2D eigenvalue weighted by Crippen LogP contribution is -2.09. The van der Waals surface area contributed by atoms with Gasteiger partial charge in [-0.05, 0) is 20.3 Å². The van der Waals surface area contributed by atoms with Gasteiger partial charge in [-0.1, -0.05) is 0 Å². The van der Waals surface area contributed by atoms with Crippen LogP contribution in [0.1, 0.15) is 29.6 Å². The van der Waals surface area contributed by atoms with Crippen LogP contribution >= 0.6 is 0 Å². The van der Waals surface area contributed by atoms with Crippen molar-refractivity contribution in [1.82, 2.24) is 9.55 Å². The van der Waals surface area contributed by atoms with E-state index in [1.807, 2.05) is 18.4 Å². The van der Waals surface area contributed by atoms with E-state index in [4.69, 9.17) is 5.11 Å². The topological polar surface area (TPSA) is 55.1 Å². The standard InChI is InChI=1S/C9H12N2O2/c1-5-6(2)11-4-3-7(9(12)13)8(11)10-5/h7H,3-4H2,1-2H3,(H,12,13). The monoisotopic (exact) mass is 180 g/mol. The Morgan fingerprint density at radius 1 is 1.62 bits per heavy atom. The zero-order valence-corrected chi connectivity index (χ0v) is 7.74. The molecule has 0 radical (unpaired) electrons. The summed E-state index contributed by atoms with van der Waals surface area (Å²) in [6.45, 7) is 4.69. The number of aliphatic carboxylic acids is 1. The smallest absolute Gasteiger partial charge is 0.314 e. The van der Waals surface area contributed by atoms with Crippen molar-refractivity contribution in [3.63, 3.8) is 0 Å². The predicted molar refractivity (Wildman–Crippen MR) is 46.7 cm³/mol. The molecule has 4 nitrogen and oxygen atoms in total. The van der Waals surface area contributed by atoms with Crippen molar-refractivity contribution in [2.45, 2.75) is 32.7 Å². The van der Waals surface area contributed by atoms with Gasteiger partial charge in [0.15, 0.2) is 0 Å². The molecule has 0 bridgehead atoms. The van der Waals surface area contributed by atoms with E-state index in [1.165, 1.54) is 0 Å². The van der Waals surface area contributed by atoms with Gasteiger partial charge in [0, 0.05) is 12.2 Å². The molecule has 1 aromatic heterocycles. The van der Waals surface area contributed by atoms with Crippen molar-refractivity contribution in [2.75, 3.05) is 0 Å². The van der Waals surface area contributed by atoms with Crippen LogP contribution in [0.5, 0.6) is 0 Å². The first-order chi connectivity index (χ1) is 6.11. The highest BCUT2D eigenvalue weighted by Gasteiger charge is 2.31. The Balaban J connectivity index is 2.48. The van der Waals surface area contributed by atoms with Gasteiger partial charge in [0.25, 0.3) is 0 Å². The van der Waals surface area contributed by atoms with Gasteiger partial charge in [0.1, 0.15) is 11.7 Å². The first kappa shape index (κ1) is 8.29. The number of imidazole rings is 1. The van der Waals surface area contributed by atoms with Crippen LogP contribution in [0.4, 0.5) is 0 Å². The summed E-state index contributed by atoms with van der Waals surface area (Å²) in [6.07, 6.45) is 0.679. The number of nitrogens with zero attached hydrogens (tertiary/aromatic N) is 2. The van der Waals surface area contributed by atoms with Gasteiger partial charge in [0.2, 0.25) is 0 Å². The molecule has 1 aromatic rings. The number of aromatic nitrogens is 2. The summed E-state index contributed by atoms with van der Waals surface area (Å²) in [7, 11) is 0. The van der Waals surface area contributed by atoms with Gasteiger partial charge in [-0.2, -0.15) is 0 Å². The van der Waals surface area contributed by atoms with Crippen molar-refractivity contribution in [3.8, 4) is 0 Å². The molecule has 0 saturated carbocycles. The van der Waals surface area contributed by atoms with E-state index in [2.05, 4.69) is 4.98 Å². The molecule has 1 aliphatic rings. The Morgan fingerprint density at radius 2 is 2.31 bits per heavy atom. The molecule has 1 unspecified atom stereocenters. The molecule has 13 heavy (non-hydrogen) atoms. The molecule has 0 aliphatic carbocycles. The van der Waals surface area contributed by atoms with Crippen LogP contribution in [-0.4, -0.2) is 20.6 Å². The zero-order chi connectivity index (χ0) is 9.59. The maximum absolute atomic E-state index is 10.8. The normalized spacial score (nSPS) is 20.3. The number of carboxylic acid groups (broad SMARTS) is 1. The maximum Gasteiger partial charge on any atom is 0.314 e. The third-order valence-corrected chi connectivity index (χ3v) is 2.74. The molecule has 0 spiro atoms. The average Bonchev–Trinajstić information content (AvgIpc) is 2.55. The minimum absolute atomic E-state index is 0.396. The van der Waals surface area contributed by atoms with E-state index in [0.717, 1.165) is 23.8 Å². The Morgan fingerprint density at radius 3 is 2.92 bits per heavy atom. The van der Waals surface area contributed by atoms with E-state index in [-0.39, 0.29) is 0 Å². The fraction of sp³-hybridized carbons (Fsp3) is 0.556. The van der Waals surface area contributed by atoms with Gasteiger partial charge >= 0.3 is 5.97 Å². The number of hydrogen-bond donors (Lipinski definition) is 1. The molecule has 0 fully saturated rings. The second-order valence-electron chi connectivity index (χ2n) is 3.47. The highest BCUT2D eigenvalue weighted by molar-refractivity contribution is 5.75. The fourth-order valence-corrected chi connectivity index (χ4v) is 1.85. The van der Waals surface area contributed by atoms with Gasteiger partial charge < -0.3 is 9.67 Å². The third-order valence-electron chi connectivity index (χ3n) is 2.74. The summed E-state index contributed by atoms with van der Waals surface area (Å²) >= 11 is 0. The molecule has 0 amide bonds. The lowest BCUT2D eigenvalue weighted by atomic mass is 10.1. The third kappa shape index (κ3) is 1.05. The van der Waals surface area contributed by atoms with Crippen LogP contribution in [0.3, 0.4) is 0 Å². The lowest BCUT2D eigenvalue weighted by molar-refractivity contribution is -0.138. The molecule has 1 atom stereocenters. The van der Waals surface area contributed by atoms with Crippen LogP contribution < -0.4 is 0 Å². The van der Waals surface area contributed by atoms with Crippen molar-refractivity contribution in [2.24, 2.45) is 0 Å². The number of carboxylic acids is 1. The zero-order valence-electron chi connectivity index (χ0n) is 7.74. The van der Waals surface area contributed by atoms with E-state index < -0.39 is 11.9 Å². The van der Waals surface area contributed by atoms with Crippen LogP contribution in [0, 0.1) is 13.8 Å². The van der Waals surface area contributed by atoms with E-state index in [9.17, 15) is 4.79 Å². The van der Waals surface area contributed by atoms with Crippen LogP contribution in [0.2, 0.25) is 0 Å². The maximum atomic E-state index is 10.8. The SMILES string of the molecule is Cc1nc2n(c1C)CCC2C(=O)O. The summed E-state index contributed by atoms with van der Waals surface area (Å²) in [5, 5.41) is 8.91. The summed E-state index contributed by atoms with van der Waals surface area (Å²) in [5.74, 6) is -0.432.